The van der Waals surface area contributed by atoms with Crippen LogP contribution in [0.4, 0.5) is 5.69 Å². The summed E-state index contributed by atoms with van der Waals surface area (Å²) in [5, 5.41) is 10.1. The number of carboxylic acids is 1. The first kappa shape index (κ1) is 27.9. The summed E-state index contributed by atoms with van der Waals surface area (Å²) in [6.07, 6.45) is 8.31. The Hall–Kier alpha value is -2.14. The fourth-order valence-electron chi connectivity index (χ4n) is 5.67. The van der Waals surface area contributed by atoms with Crippen LogP contribution in [0.5, 0.6) is 0 Å². The highest BCUT2D eigenvalue weighted by atomic mass is 32.1. The van der Waals surface area contributed by atoms with Gasteiger partial charge >= 0.3 is 5.97 Å². The monoisotopic (exact) mass is 527 g/mol. The summed E-state index contributed by atoms with van der Waals surface area (Å²) < 4.78 is 11.7. The number of nitrogens with zero attached hydrogens (tertiary/aromatic N) is 1. The maximum absolute atomic E-state index is 14.2. The number of carbonyl (C=O) groups excluding carboxylic acids is 1. The average molecular weight is 528 g/mol. The van der Waals surface area contributed by atoms with Crippen LogP contribution < -0.4 is 4.90 Å². The molecule has 202 valence electrons. The van der Waals surface area contributed by atoms with Crippen molar-refractivity contribution in [2.75, 3.05) is 18.1 Å². The van der Waals surface area contributed by atoms with Crippen LogP contribution in [0.15, 0.2) is 17.7 Å². The van der Waals surface area contributed by atoms with Crippen LogP contribution in [0.2, 0.25) is 0 Å². The topological polar surface area (TPSA) is 76.1 Å². The van der Waals surface area contributed by atoms with Gasteiger partial charge in [-0.05, 0) is 84.6 Å². The van der Waals surface area contributed by atoms with Gasteiger partial charge in [-0.3, -0.25) is 4.79 Å². The molecular formula is C30H41NO5S. The van der Waals surface area contributed by atoms with E-state index in [1.54, 1.807) is 0 Å². The lowest BCUT2D eigenvalue weighted by Crippen LogP contribution is -2.48. The first-order valence-corrected chi connectivity index (χ1v) is 14.5. The Morgan fingerprint density at radius 2 is 1.89 bits per heavy atom. The van der Waals surface area contributed by atoms with Gasteiger partial charge in [-0.15, -0.1) is 11.3 Å². The van der Waals surface area contributed by atoms with Crippen LogP contribution in [0, 0.1) is 29.1 Å². The maximum Gasteiger partial charge on any atom is 0.348 e. The second-order valence-electron chi connectivity index (χ2n) is 12.0. The third kappa shape index (κ3) is 7.04. The van der Waals surface area contributed by atoms with Crippen molar-refractivity contribution in [2.24, 2.45) is 17.3 Å². The van der Waals surface area contributed by atoms with Gasteiger partial charge in [0, 0.05) is 24.0 Å². The van der Waals surface area contributed by atoms with Crippen molar-refractivity contribution in [3.8, 4) is 11.8 Å². The highest BCUT2D eigenvalue weighted by Gasteiger charge is 2.39. The number of allylic oxidation sites excluding steroid dienone is 2. The molecule has 37 heavy (non-hydrogen) atoms. The van der Waals surface area contributed by atoms with Crippen molar-refractivity contribution >= 4 is 28.9 Å². The molecule has 6 nitrogen and oxygen atoms in total. The van der Waals surface area contributed by atoms with Crippen LogP contribution in [-0.2, 0) is 14.3 Å². The van der Waals surface area contributed by atoms with Crippen LogP contribution in [0.25, 0.3) is 0 Å². The molecule has 1 aliphatic heterocycles. The van der Waals surface area contributed by atoms with Crippen molar-refractivity contribution in [3.63, 3.8) is 0 Å². The van der Waals surface area contributed by atoms with E-state index in [1.807, 2.05) is 31.7 Å². The number of hydrogen-bond donors (Lipinski definition) is 1. The number of carbonyl (C=O) groups is 2. The SMILES string of the molecule is CC1=CC[C@@H](C(=O)N(c2cc(C#CC(C)(C)C)sc2C(=O)O)C2CCC(O[C@@H]3CCOC3)CC2)[C@H](C)C1. The molecule has 1 aromatic heterocycles. The summed E-state index contributed by atoms with van der Waals surface area (Å²) >= 11 is 1.17. The lowest BCUT2D eigenvalue weighted by molar-refractivity contribution is -0.124. The molecule has 3 aliphatic rings. The van der Waals surface area contributed by atoms with Crippen molar-refractivity contribution in [3.05, 3.63) is 27.5 Å². The normalized spacial score (nSPS) is 28.2. The lowest BCUT2D eigenvalue weighted by Gasteiger charge is -2.40. The maximum atomic E-state index is 14.2. The van der Waals surface area contributed by atoms with Gasteiger partial charge in [0.25, 0.3) is 0 Å². The van der Waals surface area contributed by atoms with Crippen LogP contribution in [-0.4, -0.2) is 48.4 Å². The van der Waals surface area contributed by atoms with Crippen molar-refractivity contribution in [1.29, 1.82) is 0 Å². The molecular weight excluding hydrogens is 486 g/mol. The molecule has 0 radical (unpaired) electrons. The van der Waals surface area contributed by atoms with Gasteiger partial charge in [-0.25, -0.2) is 4.79 Å². The molecule has 4 rings (SSSR count). The average Bonchev–Trinajstić information content (AvgIpc) is 3.49. The molecule has 0 spiro atoms. The highest BCUT2D eigenvalue weighted by molar-refractivity contribution is 7.15. The van der Waals surface area contributed by atoms with Gasteiger partial charge in [0.1, 0.15) is 4.88 Å². The van der Waals surface area contributed by atoms with Crippen LogP contribution in [0.3, 0.4) is 0 Å². The minimum absolute atomic E-state index is 0.0421. The largest absolute Gasteiger partial charge is 0.477 e. The van der Waals surface area contributed by atoms with Gasteiger partial charge in [0.2, 0.25) is 5.91 Å². The Morgan fingerprint density at radius 3 is 2.49 bits per heavy atom. The number of hydrogen-bond acceptors (Lipinski definition) is 5. The van der Waals surface area contributed by atoms with Gasteiger partial charge < -0.3 is 19.5 Å². The molecule has 1 aromatic rings. The van der Waals surface area contributed by atoms with Crippen molar-refractivity contribution in [2.45, 2.75) is 97.8 Å². The van der Waals surface area contributed by atoms with E-state index in [1.165, 1.54) is 16.9 Å². The number of thiophene rings is 1. The smallest absolute Gasteiger partial charge is 0.348 e. The van der Waals surface area contributed by atoms with Gasteiger partial charge in [0.15, 0.2) is 0 Å². The molecule has 0 bridgehead atoms. The van der Waals surface area contributed by atoms with E-state index in [4.69, 9.17) is 9.47 Å². The Kier molecular flexibility index (Phi) is 8.83. The summed E-state index contributed by atoms with van der Waals surface area (Å²) in [6.45, 7) is 11.8. The lowest BCUT2D eigenvalue weighted by atomic mass is 9.79. The number of ether oxygens (including phenoxy) is 2. The standard InChI is InChI=1S/C30H41NO5S/c1-19-6-11-25(20(2)16-19)28(32)31(21-7-9-22(10-8-21)36-23-13-15-35-18-23)26-17-24(12-14-30(3,4)5)37-27(26)29(33)34/h6,17,20-23,25H,7-11,13,15-16,18H2,1-5H3,(H,33,34)/t20-,21?,22?,23-,25-/m1/s1. The fraction of sp³-hybridized carbons (Fsp3) is 0.667. The highest BCUT2D eigenvalue weighted by Crippen LogP contribution is 2.39. The van der Waals surface area contributed by atoms with Crippen LogP contribution >= 0.6 is 11.3 Å². The van der Waals surface area contributed by atoms with Gasteiger partial charge in [-0.2, -0.15) is 0 Å². The zero-order valence-electron chi connectivity index (χ0n) is 22.8. The van der Waals surface area contributed by atoms with E-state index in [9.17, 15) is 14.7 Å². The van der Waals surface area contributed by atoms with E-state index in [0.29, 0.717) is 23.6 Å². The minimum Gasteiger partial charge on any atom is -0.477 e. The summed E-state index contributed by atoms with van der Waals surface area (Å²) in [5.74, 6) is 5.47. The number of rotatable bonds is 6. The summed E-state index contributed by atoms with van der Waals surface area (Å²) in [5.41, 5.74) is 1.62. The summed E-state index contributed by atoms with van der Waals surface area (Å²) in [6, 6.07) is 1.78. The van der Waals surface area contributed by atoms with Gasteiger partial charge in [0.05, 0.1) is 29.4 Å². The summed E-state index contributed by atoms with van der Waals surface area (Å²) in [4.78, 5) is 29.3. The molecule has 1 N–H and O–H groups in total. The summed E-state index contributed by atoms with van der Waals surface area (Å²) in [7, 11) is 0. The molecule has 7 heteroatoms. The Labute approximate surface area is 225 Å². The molecule has 2 heterocycles. The Morgan fingerprint density at radius 1 is 1.16 bits per heavy atom. The first-order valence-electron chi connectivity index (χ1n) is 13.6. The minimum atomic E-state index is -1.01. The predicted octanol–water partition coefficient (Wildman–Crippen LogP) is 6.29. The van der Waals surface area contributed by atoms with E-state index >= 15 is 0 Å². The third-order valence-electron chi connectivity index (χ3n) is 7.61. The third-order valence-corrected chi connectivity index (χ3v) is 8.64. The van der Waals surface area contributed by atoms with E-state index < -0.39 is 5.97 Å². The molecule has 2 aliphatic carbocycles. The van der Waals surface area contributed by atoms with Crippen molar-refractivity contribution < 1.29 is 24.2 Å². The second-order valence-corrected chi connectivity index (χ2v) is 13.0. The van der Waals surface area contributed by atoms with E-state index in [-0.39, 0.29) is 46.3 Å². The molecule has 2 fully saturated rings. The number of amides is 1. The zero-order chi connectivity index (χ0) is 26.7. The number of carboxylic acid groups (broad SMARTS) is 1. The Bertz CT molecular complexity index is 1070. The Balaban J connectivity index is 1.63. The number of aromatic carboxylic acids is 1. The molecule has 0 aromatic carbocycles. The molecule has 1 amide bonds. The second kappa shape index (κ2) is 11.7. The van der Waals surface area contributed by atoms with E-state index in [0.717, 1.165) is 45.1 Å². The van der Waals surface area contributed by atoms with E-state index in [2.05, 4.69) is 31.8 Å². The molecule has 0 unspecified atom stereocenters. The first-order chi connectivity index (χ1) is 17.5. The van der Waals surface area contributed by atoms with Gasteiger partial charge in [-0.1, -0.05) is 30.4 Å². The number of anilines is 1. The predicted molar refractivity (Wildman–Crippen MR) is 147 cm³/mol. The molecule has 1 saturated carbocycles. The molecule has 3 atom stereocenters. The zero-order valence-corrected chi connectivity index (χ0v) is 23.7. The van der Waals surface area contributed by atoms with Crippen LogP contribution in [0.1, 0.15) is 94.1 Å². The van der Waals surface area contributed by atoms with Crippen molar-refractivity contribution in [1.82, 2.24) is 0 Å². The fourth-order valence-corrected chi connectivity index (χ4v) is 6.51. The molecule has 1 saturated heterocycles. The quantitative estimate of drug-likeness (QED) is 0.348.